The van der Waals surface area contributed by atoms with Crippen LogP contribution in [-0.4, -0.2) is 23.2 Å². The third-order valence-corrected chi connectivity index (χ3v) is 3.80. The van der Waals surface area contributed by atoms with E-state index in [1.807, 2.05) is 0 Å². The minimum absolute atomic E-state index is 0.0320. The highest BCUT2D eigenvalue weighted by Crippen LogP contribution is 2.36. The van der Waals surface area contributed by atoms with E-state index in [0.717, 1.165) is 17.4 Å². The van der Waals surface area contributed by atoms with E-state index < -0.39 is 17.6 Å². The summed E-state index contributed by atoms with van der Waals surface area (Å²) in [6, 6.07) is 3.48. The van der Waals surface area contributed by atoms with Crippen molar-refractivity contribution in [1.29, 1.82) is 0 Å². The summed E-state index contributed by atoms with van der Waals surface area (Å²) in [5.41, 5.74) is -1.28. The summed E-state index contributed by atoms with van der Waals surface area (Å²) >= 11 is 3.91. The molecule has 0 saturated carbocycles. The van der Waals surface area contributed by atoms with E-state index in [1.54, 1.807) is 7.05 Å². The first-order valence-electron chi connectivity index (χ1n) is 5.50. The van der Waals surface area contributed by atoms with E-state index in [2.05, 4.69) is 36.8 Å². The molecule has 2 rings (SSSR count). The maximum absolute atomic E-state index is 12.9. The quantitative estimate of drug-likeness (QED) is 0.853. The van der Waals surface area contributed by atoms with E-state index in [0.29, 0.717) is 5.13 Å². The van der Waals surface area contributed by atoms with Crippen LogP contribution in [0.5, 0.6) is 0 Å². The van der Waals surface area contributed by atoms with Crippen molar-refractivity contribution < 1.29 is 18.0 Å². The summed E-state index contributed by atoms with van der Waals surface area (Å²) in [4.78, 5) is 11.9. The van der Waals surface area contributed by atoms with Crippen molar-refractivity contribution in [2.45, 2.75) is 6.18 Å². The number of hydrogen-bond donors (Lipinski definition) is 2. The molecule has 0 aliphatic rings. The van der Waals surface area contributed by atoms with Gasteiger partial charge in [-0.3, -0.25) is 4.79 Å². The van der Waals surface area contributed by atoms with Gasteiger partial charge in [0, 0.05) is 11.5 Å². The highest BCUT2D eigenvalue weighted by molar-refractivity contribution is 9.10. The maximum Gasteiger partial charge on any atom is 0.418 e. The molecule has 2 aromatic rings. The number of rotatable bonds is 3. The zero-order valence-electron chi connectivity index (χ0n) is 10.5. The first kappa shape index (κ1) is 15.7. The highest BCUT2D eigenvalue weighted by atomic mass is 79.9. The number of hydrogen-bond acceptors (Lipinski definition) is 5. The lowest BCUT2D eigenvalue weighted by atomic mass is 10.1. The number of nitrogens with one attached hydrogen (secondary N) is 2. The summed E-state index contributed by atoms with van der Waals surface area (Å²) in [6.07, 6.45) is -4.58. The molecule has 0 saturated heterocycles. The van der Waals surface area contributed by atoms with Crippen LogP contribution in [0.3, 0.4) is 0 Å². The summed E-state index contributed by atoms with van der Waals surface area (Å²) in [6.45, 7) is 0. The van der Waals surface area contributed by atoms with Crippen LogP contribution in [0.4, 0.5) is 24.0 Å². The molecule has 0 aliphatic heterocycles. The average Bonchev–Trinajstić information content (AvgIpc) is 2.88. The highest BCUT2D eigenvalue weighted by Gasteiger charge is 2.34. The normalized spacial score (nSPS) is 11.3. The van der Waals surface area contributed by atoms with Crippen LogP contribution in [0.1, 0.15) is 15.4 Å². The van der Waals surface area contributed by atoms with Gasteiger partial charge in [0.25, 0.3) is 5.91 Å². The Hall–Kier alpha value is -1.68. The van der Waals surface area contributed by atoms with Gasteiger partial charge >= 0.3 is 6.18 Å². The largest absolute Gasteiger partial charge is 0.418 e. The number of anilines is 2. The topological polar surface area (TPSA) is 66.9 Å². The van der Waals surface area contributed by atoms with Crippen LogP contribution >= 0.6 is 27.3 Å². The number of carbonyl (C=O) groups is 1. The molecule has 1 aromatic carbocycles. The molecule has 1 heterocycles. The molecular formula is C11H8BrF3N4OS. The number of benzene rings is 1. The van der Waals surface area contributed by atoms with Gasteiger partial charge in [0.15, 0.2) is 0 Å². The van der Waals surface area contributed by atoms with Crippen LogP contribution in [0, 0.1) is 0 Å². The minimum Gasteiger partial charge on any atom is -0.363 e. The van der Waals surface area contributed by atoms with E-state index in [1.165, 1.54) is 12.1 Å². The van der Waals surface area contributed by atoms with Gasteiger partial charge in [-0.05, 0) is 18.2 Å². The minimum atomic E-state index is -4.58. The fraction of sp³-hybridized carbons (Fsp3) is 0.182. The molecule has 0 aliphatic carbocycles. The molecule has 0 fully saturated rings. The average molecular weight is 381 g/mol. The van der Waals surface area contributed by atoms with Gasteiger partial charge in [-0.25, -0.2) is 0 Å². The molecule has 2 N–H and O–H groups in total. The number of carbonyl (C=O) groups excluding carboxylic acids is 1. The molecule has 0 spiro atoms. The predicted molar refractivity (Wildman–Crippen MR) is 76.6 cm³/mol. The van der Waals surface area contributed by atoms with E-state index in [9.17, 15) is 18.0 Å². The smallest absolute Gasteiger partial charge is 0.363 e. The molecule has 1 amide bonds. The molecular weight excluding hydrogens is 373 g/mol. The van der Waals surface area contributed by atoms with Crippen molar-refractivity contribution in [3.63, 3.8) is 0 Å². The second-order valence-corrected chi connectivity index (χ2v) is 5.70. The van der Waals surface area contributed by atoms with Gasteiger partial charge in [0.2, 0.25) is 10.1 Å². The number of aromatic nitrogens is 2. The lowest BCUT2D eigenvalue weighted by Crippen LogP contribution is -2.16. The Labute approximate surface area is 129 Å². The lowest BCUT2D eigenvalue weighted by molar-refractivity contribution is -0.136. The SMILES string of the molecule is CNc1nnc(C(=O)Nc2ccc(Br)cc2C(F)(F)F)s1. The Morgan fingerprint density at radius 1 is 1.33 bits per heavy atom. The Balaban J connectivity index is 2.29. The molecule has 21 heavy (non-hydrogen) atoms. The van der Waals surface area contributed by atoms with Crippen LogP contribution in [0.15, 0.2) is 22.7 Å². The van der Waals surface area contributed by atoms with Crippen LogP contribution in [0.2, 0.25) is 0 Å². The monoisotopic (exact) mass is 380 g/mol. The molecule has 1 aromatic heterocycles. The third kappa shape index (κ3) is 3.70. The Bertz CT molecular complexity index is 674. The number of nitrogens with zero attached hydrogens (tertiary/aromatic N) is 2. The van der Waals surface area contributed by atoms with Crippen molar-refractivity contribution in [3.05, 3.63) is 33.2 Å². The van der Waals surface area contributed by atoms with Crippen LogP contribution < -0.4 is 10.6 Å². The van der Waals surface area contributed by atoms with E-state index >= 15 is 0 Å². The molecule has 0 bridgehead atoms. The number of halogens is 4. The Morgan fingerprint density at radius 2 is 2.05 bits per heavy atom. The number of amides is 1. The Kier molecular flexibility index (Phi) is 4.47. The molecule has 10 heteroatoms. The molecule has 0 unspecified atom stereocenters. The van der Waals surface area contributed by atoms with Gasteiger partial charge in [0.05, 0.1) is 11.3 Å². The second kappa shape index (κ2) is 5.98. The van der Waals surface area contributed by atoms with Gasteiger partial charge in [-0.2, -0.15) is 13.2 Å². The van der Waals surface area contributed by atoms with Crippen molar-refractivity contribution in [2.24, 2.45) is 0 Å². The molecule has 0 atom stereocenters. The zero-order chi connectivity index (χ0) is 15.6. The maximum atomic E-state index is 12.9. The van der Waals surface area contributed by atoms with E-state index in [4.69, 9.17) is 0 Å². The van der Waals surface area contributed by atoms with Crippen molar-refractivity contribution in [3.8, 4) is 0 Å². The van der Waals surface area contributed by atoms with Gasteiger partial charge in [-0.1, -0.05) is 27.3 Å². The zero-order valence-corrected chi connectivity index (χ0v) is 12.9. The third-order valence-electron chi connectivity index (χ3n) is 2.37. The van der Waals surface area contributed by atoms with Crippen molar-refractivity contribution in [1.82, 2.24) is 10.2 Å². The molecule has 0 radical (unpaired) electrons. The Morgan fingerprint density at radius 3 is 2.62 bits per heavy atom. The first-order valence-corrected chi connectivity index (χ1v) is 7.11. The van der Waals surface area contributed by atoms with Gasteiger partial charge < -0.3 is 10.6 Å². The van der Waals surface area contributed by atoms with Crippen LogP contribution in [-0.2, 0) is 6.18 Å². The number of alkyl halides is 3. The molecule has 112 valence electrons. The summed E-state index contributed by atoms with van der Waals surface area (Å²) in [5, 5.41) is 12.5. The second-order valence-electron chi connectivity index (χ2n) is 3.80. The van der Waals surface area contributed by atoms with Crippen molar-refractivity contribution >= 4 is 44.0 Å². The lowest BCUT2D eigenvalue weighted by Gasteiger charge is -2.13. The van der Waals surface area contributed by atoms with Crippen LogP contribution in [0.25, 0.3) is 0 Å². The van der Waals surface area contributed by atoms with E-state index in [-0.39, 0.29) is 15.2 Å². The fourth-order valence-corrected chi connectivity index (χ4v) is 2.41. The summed E-state index contributed by atoms with van der Waals surface area (Å²) in [7, 11) is 1.60. The molecule has 5 nitrogen and oxygen atoms in total. The first-order chi connectivity index (χ1) is 9.81. The predicted octanol–water partition coefficient (Wildman–Crippen LogP) is 3.61. The van der Waals surface area contributed by atoms with Crippen molar-refractivity contribution in [2.75, 3.05) is 17.7 Å². The standard InChI is InChI=1S/C11H8BrF3N4OS/c1-16-10-19-18-9(21-10)8(20)17-7-3-2-5(12)4-6(7)11(13,14)15/h2-4H,1H3,(H,16,19)(H,17,20). The van der Waals surface area contributed by atoms with Gasteiger partial charge in [0.1, 0.15) is 0 Å². The summed E-state index contributed by atoms with van der Waals surface area (Å²) in [5.74, 6) is -0.748. The summed E-state index contributed by atoms with van der Waals surface area (Å²) < 4.78 is 39.1. The fourth-order valence-electron chi connectivity index (χ4n) is 1.45. The van der Waals surface area contributed by atoms with Gasteiger partial charge in [-0.15, -0.1) is 10.2 Å².